The smallest absolute Gasteiger partial charge is 0.0965 e. The molecule has 0 aliphatic rings. The molecule has 2 atom stereocenters. The van der Waals surface area contributed by atoms with Gasteiger partial charge in [0.25, 0.3) is 0 Å². The van der Waals surface area contributed by atoms with E-state index in [9.17, 15) is 0 Å². The van der Waals surface area contributed by atoms with Gasteiger partial charge in [-0.25, -0.2) is 4.98 Å². The first kappa shape index (κ1) is 13.6. The van der Waals surface area contributed by atoms with Crippen LogP contribution in [0.15, 0.2) is 11.6 Å². The van der Waals surface area contributed by atoms with E-state index in [1.807, 2.05) is 11.6 Å². The number of rotatable bonds is 8. The Kier molecular flexibility index (Phi) is 6.61. The quantitative estimate of drug-likeness (QED) is 0.687. The fourth-order valence-corrected chi connectivity index (χ4v) is 2.38. The van der Waals surface area contributed by atoms with Gasteiger partial charge in [-0.05, 0) is 19.4 Å². The van der Waals surface area contributed by atoms with Crippen LogP contribution in [0, 0.1) is 0 Å². The Morgan fingerprint density at radius 1 is 1.50 bits per heavy atom. The first-order chi connectivity index (χ1) is 7.74. The van der Waals surface area contributed by atoms with Crippen molar-refractivity contribution < 1.29 is 0 Å². The molecular formula is C12H23N3S. The van der Waals surface area contributed by atoms with Gasteiger partial charge in [0.15, 0.2) is 0 Å². The number of nitrogens with one attached hydrogen (secondary N) is 1. The van der Waals surface area contributed by atoms with Gasteiger partial charge in [-0.2, -0.15) is 0 Å². The minimum absolute atomic E-state index is 0.354. The second-order valence-electron chi connectivity index (χ2n) is 4.31. The Bertz CT molecular complexity index is 261. The Hall–Kier alpha value is -0.450. The van der Waals surface area contributed by atoms with Crippen LogP contribution in [-0.2, 0) is 0 Å². The van der Waals surface area contributed by atoms with Gasteiger partial charge in [-0.3, -0.25) is 0 Å². The second kappa shape index (κ2) is 7.76. The van der Waals surface area contributed by atoms with Crippen molar-refractivity contribution in [3.63, 3.8) is 0 Å². The van der Waals surface area contributed by atoms with Crippen molar-refractivity contribution in [1.82, 2.24) is 10.3 Å². The molecule has 0 bridgehead atoms. The molecule has 0 saturated carbocycles. The van der Waals surface area contributed by atoms with Gasteiger partial charge >= 0.3 is 0 Å². The van der Waals surface area contributed by atoms with Crippen LogP contribution < -0.4 is 11.1 Å². The van der Waals surface area contributed by atoms with E-state index in [0.717, 1.165) is 25.9 Å². The number of hydrogen-bond donors (Lipinski definition) is 2. The first-order valence-corrected chi connectivity index (χ1v) is 6.97. The average molecular weight is 241 g/mol. The molecule has 2 unspecified atom stereocenters. The van der Waals surface area contributed by atoms with Gasteiger partial charge in [0, 0.05) is 30.1 Å². The molecule has 1 aromatic rings. The van der Waals surface area contributed by atoms with E-state index in [1.165, 1.54) is 11.4 Å². The summed E-state index contributed by atoms with van der Waals surface area (Å²) in [6.07, 6.45) is 5.24. The summed E-state index contributed by atoms with van der Waals surface area (Å²) in [4.78, 5) is 4.31. The normalized spacial score (nSPS) is 14.9. The number of nitrogens with two attached hydrogens (primary N) is 1. The van der Waals surface area contributed by atoms with E-state index in [2.05, 4.69) is 24.1 Å². The van der Waals surface area contributed by atoms with Gasteiger partial charge in [0.2, 0.25) is 0 Å². The third-order valence-electron chi connectivity index (χ3n) is 2.67. The molecule has 0 aliphatic heterocycles. The summed E-state index contributed by atoms with van der Waals surface area (Å²) in [6, 6.07) is 0.354. The average Bonchev–Trinajstić information content (AvgIpc) is 2.78. The molecule has 1 rings (SSSR count). The van der Waals surface area contributed by atoms with Crippen LogP contribution in [-0.4, -0.2) is 24.1 Å². The standard InChI is InChI=1S/C12H23N3S/c1-3-4-11(13)5-6-14-9-10(2)12-15-7-8-16-12/h7-8,10-11,14H,3-6,9,13H2,1-2H3. The largest absolute Gasteiger partial charge is 0.328 e. The van der Waals surface area contributed by atoms with Crippen molar-refractivity contribution in [3.8, 4) is 0 Å². The zero-order chi connectivity index (χ0) is 11.8. The van der Waals surface area contributed by atoms with E-state index in [0.29, 0.717) is 12.0 Å². The highest BCUT2D eigenvalue weighted by Gasteiger charge is 2.07. The third kappa shape index (κ3) is 5.05. The summed E-state index contributed by atoms with van der Waals surface area (Å²) in [5.41, 5.74) is 5.95. The number of nitrogens with zero attached hydrogens (tertiary/aromatic N) is 1. The molecule has 0 amide bonds. The maximum Gasteiger partial charge on any atom is 0.0965 e. The lowest BCUT2D eigenvalue weighted by molar-refractivity contribution is 0.515. The van der Waals surface area contributed by atoms with Crippen molar-refractivity contribution in [3.05, 3.63) is 16.6 Å². The molecule has 3 N–H and O–H groups in total. The highest BCUT2D eigenvalue weighted by molar-refractivity contribution is 7.09. The highest BCUT2D eigenvalue weighted by atomic mass is 32.1. The SMILES string of the molecule is CCCC(N)CCNCC(C)c1nccs1. The summed E-state index contributed by atoms with van der Waals surface area (Å²) < 4.78 is 0. The van der Waals surface area contributed by atoms with Crippen LogP contribution >= 0.6 is 11.3 Å². The lowest BCUT2D eigenvalue weighted by Gasteiger charge is -2.13. The van der Waals surface area contributed by atoms with Crippen LogP contribution in [0.1, 0.15) is 44.0 Å². The number of thiazole rings is 1. The predicted octanol–water partition coefficient (Wildman–Crippen LogP) is 2.35. The second-order valence-corrected chi connectivity index (χ2v) is 5.24. The molecule has 0 fully saturated rings. The first-order valence-electron chi connectivity index (χ1n) is 6.09. The lowest BCUT2D eigenvalue weighted by atomic mass is 10.1. The van der Waals surface area contributed by atoms with E-state index in [4.69, 9.17) is 5.73 Å². The van der Waals surface area contributed by atoms with E-state index >= 15 is 0 Å². The van der Waals surface area contributed by atoms with Crippen molar-refractivity contribution >= 4 is 11.3 Å². The zero-order valence-electron chi connectivity index (χ0n) is 10.3. The lowest BCUT2D eigenvalue weighted by Crippen LogP contribution is -2.28. The van der Waals surface area contributed by atoms with Gasteiger partial charge in [-0.15, -0.1) is 11.3 Å². The molecule has 3 nitrogen and oxygen atoms in total. The highest BCUT2D eigenvalue weighted by Crippen LogP contribution is 2.16. The fraction of sp³-hybridized carbons (Fsp3) is 0.750. The van der Waals surface area contributed by atoms with Gasteiger partial charge in [-0.1, -0.05) is 20.3 Å². The number of aromatic nitrogens is 1. The molecule has 4 heteroatoms. The Morgan fingerprint density at radius 3 is 2.94 bits per heavy atom. The summed E-state index contributed by atoms with van der Waals surface area (Å²) >= 11 is 1.73. The van der Waals surface area contributed by atoms with Crippen molar-refractivity contribution in [2.45, 2.75) is 45.1 Å². The molecule has 16 heavy (non-hydrogen) atoms. The number of hydrogen-bond acceptors (Lipinski definition) is 4. The molecule has 1 heterocycles. The third-order valence-corrected chi connectivity index (χ3v) is 3.68. The summed E-state index contributed by atoms with van der Waals surface area (Å²) in [7, 11) is 0. The summed E-state index contributed by atoms with van der Waals surface area (Å²) in [6.45, 7) is 6.39. The molecular weight excluding hydrogens is 218 g/mol. The molecule has 0 radical (unpaired) electrons. The van der Waals surface area contributed by atoms with Crippen molar-refractivity contribution in [2.24, 2.45) is 5.73 Å². The maximum atomic E-state index is 5.95. The molecule has 0 spiro atoms. The van der Waals surface area contributed by atoms with Gasteiger partial charge < -0.3 is 11.1 Å². The predicted molar refractivity (Wildman–Crippen MR) is 70.9 cm³/mol. The van der Waals surface area contributed by atoms with Crippen LogP contribution in [0.25, 0.3) is 0 Å². The molecule has 92 valence electrons. The Morgan fingerprint density at radius 2 is 2.31 bits per heavy atom. The monoisotopic (exact) mass is 241 g/mol. The van der Waals surface area contributed by atoms with Crippen LogP contribution in [0.4, 0.5) is 0 Å². The van der Waals surface area contributed by atoms with Crippen LogP contribution in [0.3, 0.4) is 0 Å². The van der Waals surface area contributed by atoms with Crippen LogP contribution in [0.5, 0.6) is 0 Å². The fourth-order valence-electron chi connectivity index (χ4n) is 1.69. The Labute approximate surface area is 102 Å². The topological polar surface area (TPSA) is 50.9 Å². The maximum absolute atomic E-state index is 5.95. The molecule has 0 aromatic carbocycles. The van der Waals surface area contributed by atoms with Crippen molar-refractivity contribution in [2.75, 3.05) is 13.1 Å². The van der Waals surface area contributed by atoms with E-state index in [-0.39, 0.29) is 0 Å². The molecule has 1 aromatic heterocycles. The summed E-state index contributed by atoms with van der Waals surface area (Å²) in [5, 5.41) is 6.69. The van der Waals surface area contributed by atoms with Gasteiger partial charge in [0.1, 0.15) is 0 Å². The summed E-state index contributed by atoms with van der Waals surface area (Å²) in [5.74, 6) is 0.502. The van der Waals surface area contributed by atoms with Crippen LogP contribution in [0.2, 0.25) is 0 Å². The van der Waals surface area contributed by atoms with E-state index in [1.54, 1.807) is 11.3 Å². The van der Waals surface area contributed by atoms with Gasteiger partial charge in [0.05, 0.1) is 5.01 Å². The molecule has 0 aliphatic carbocycles. The van der Waals surface area contributed by atoms with Crippen molar-refractivity contribution in [1.29, 1.82) is 0 Å². The minimum Gasteiger partial charge on any atom is -0.328 e. The molecule has 0 saturated heterocycles. The van der Waals surface area contributed by atoms with E-state index < -0.39 is 0 Å². The Balaban J connectivity index is 2.07. The zero-order valence-corrected chi connectivity index (χ0v) is 11.1. The minimum atomic E-state index is 0.354.